The Morgan fingerprint density at radius 3 is 2.25 bits per heavy atom. The zero-order valence-electron chi connectivity index (χ0n) is 8.81. The van der Waals surface area contributed by atoms with Crippen molar-refractivity contribution in [3.63, 3.8) is 0 Å². The zero-order valence-corrected chi connectivity index (χ0v) is 8.81. The fourth-order valence-electron chi connectivity index (χ4n) is 1.57. The molecule has 0 aliphatic heterocycles. The quantitative estimate of drug-likeness (QED) is 0.498. The van der Waals surface area contributed by atoms with Crippen molar-refractivity contribution < 1.29 is 0 Å². The normalized spacial score (nSPS) is 13.8. The summed E-state index contributed by atoms with van der Waals surface area (Å²) in [6.45, 7) is 12.5. The summed E-state index contributed by atoms with van der Waals surface area (Å²) < 4.78 is 0. The van der Waals surface area contributed by atoms with E-state index in [1.54, 1.807) is 0 Å². The lowest BCUT2D eigenvalue weighted by Gasteiger charge is -2.12. The van der Waals surface area contributed by atoms with Crippen LogP contribution in [-0.4, -0.2) is 0 Å². The number of rotatable bonds is 7. The maximum Gasteiger partial charge on any atom is -0.0412 e. The van der Waals surface area contributed by atoms with Crippen molar-refractivity contribution in [2.75, 3.05) is 0 Å². The molecular formula is C12H24. The average Bonchev–Trinajstić information content (AvgIpc) is 1.97. The second-order valence-corrected chi connectivity index (χ2v) is 4.20. The van der Waals surface area contributed by atoms with E-state index in [4.69, 9.17) is 0 Å². The second-order valence-electron chi connectivity index (χ2n) is 4.20. The summed E-state index contributed by atoms with van der Waals surface area (Å²) in [7, 11) is 0. The Labute approximate surface area is 78.8 Å². The SMILES string of the molecule is [CH2]CCCCCC([CH2])CC(C)C. The van der Waals surface area contributed by atoms with Gasteiger partial charge in [-0.1, -0.05) is 59.8 Å². The largest absolute Gasteiger partial charge is 0.0628 e. The van der Waals surface area contributed by atoms with Gasteiger partial charge in [-0.2, -0.15) is 0 Å². The molecule has 0 heterocycles. The van der Waals surface area contributed by atoms with Crippen LogP contribution in [0.2, 0.25) is 0 Å². The highest BCUT2D eigenvalue weighted by Gasteiger charge is 2.03. The third-order valence-electron chi connectivity index (χ3n) is 2.17. The predicted molar refractivity (Wildman–Crippen MR) is 56.7 cm³/mol. The molecular weight excluding hydrogens is 144 g/mol. The van der Waals surface area contributed by atoms with Gasteiger partial charge in [-0.05, 0) is 18.3 Å². The molecule has 0 spiro atoms. The smallest absolute Gasteiger partial charge is 0.0412 e. The van der Waals surface area contributed by atoms with Crippen molar-refractivity contribution in [3.8, 4) is 0 Å². The van der Waals surface area contributed by atoms with Crippen molar-refractivity contribution in [1.82, 2.24) is 0 Å². The van der Waals surface area contributed by atoms with Gasteiger partial charge in [-0.25, -0.2) is 0 Å². The molecule has 0 N–H and O–H groups in total. The molecule has 0 aliphatic rings. The van der Waals surface area contributed by atoms with Gasteiger partial charge in [0, 0.05) is 0 Å². The fourth-order valence-corrected chi connectivity index (χ4v) is 1.57. The average molecular weight is 168 g/mol. The molecule has 0 heteroatoms. The van der Waals surface area contributed by atoms with Crippen LogP contribution in [0.5, 0.6) is 0 Å². The number of unbranched alkanes of at least 4 members (excludes halogenated alkanes) is 3. The molecule has 0 nitrogen and oxygen atoms in total. The molecule has 0 aromatic heterocycles. The van der Waals surface area contributed by atoms with Crippen LogP contribution in [-0.2, 0) is 0 Å². The van der Waals surface area contributed by atoms with Gasteiger partial charge >= 0.3 is 0 Å². The third-order valence-corrected chi connectivity index (χ3v) is 2.17. The first-order valence-corrected chi connectivity index (χ1v) is 5.29. The van der Waals surface area contributed by atoms with Crippen LogP contribution in [0, 0.1) is 25.7 Å². The first-order valence-electron chi connectivity index (χ1n) is 5.29. The third kappa shape index (κ3) is 8.10. The van der Waals surface area contributed by atoms with Gasteiger partial charge in [0.2, 0.25) is 0 Å². The van der Waals surface area contributed by atoms with E-state index < -0.39 is 0 Å². The van der Waals surface area contributed by atoms with Gasteiger partial charge < -0.3 is 0 Å². The highest BCUT2D eigenvalue weighted by Crippen LogP contribution is 2.17. The Hall–Kier alpha value is 0. The maximum absolute atomic E-state index is 4.16. The van der Waals surface area contributed by atoms with Crippen molar-refractivity contribution in [1.29, 1.82) is 0 Å². The minimum atomic E-state index is 0.676. The van der Waals surface area contributed by atoms with E-state index in [-0.39, 0.29) is 0 Å². The van der Waals surface area contributed by atoms with E-state index >= 15 is 0 Å². The van der Waals surface area contributed by atoms with E-state index in [2.05, 4.69) is 27.7 Å². The Bertz CT molecular complexity index is 84.0. The van der Waals surface area contributed by atoms with E-state index in [1.165, 1.54) is 32.1 Å². The molecule has 0 amide bonds. The Kier molecular flexibility index (Phi) is 7.64. The van der Waals surface area contributed by atoms with Crippen molar-refractivity contribution >= 4 is 0 Å². The molecule has 0 aromatic rings. The molecule has 12 heavy (non-hydrogen) atoms. The van der Waals surface area contributed by atoms with Crippen LogP contribution in [0.4, 0.5) is 0 Å². The van der Waals surface area contributed by atoms with Gasteiger partial charge in [-0.15, -0.1) is 0 Å². The lowest BCUT2D eigenvalue weighted by atomic mass is 9.94. The standard InChI is InChI=1S/C12H24/c1-5-6-7-8-9-12(4)10-11(2)3/h11-12H,1,4-10H2,2-3H3. The highest BCUT2D eigenvalue weighted by atomic mass is 14.1. The Balaban J connectivity index is 3.14. The number of hydrogen-bond acceptors (Lipinski definition) is 0. The Morgan fingerprint density at radius 1 is 1.08 bits per heavy atom. The molecule has 1 atom stereocenters. The van der Waals surface area contributed by atoms with Crippen LogP contribution in [0.1, 0.15) is 52.4 Å². The lowest BCUT2D eigenvalue weighted by molar-refractivity contribution is 0.431. The number of hydrogen-bond donors (Lipinski definition) is 0. The summed E-state index contributed by atoms with van der Waals surface area (Å²) in [4.78, 5) is 0. The molecule has 0 rings (SSSR count). The molecule has 1 unspecified atom stereocenters. The zero-order chi connectivity index (χ0) is 9.40. The molecule has 0 aliphatic carbocycles. The van der Waals surface area contributed by atoms with Crippen LogP contribution < -0.4 is 0 Å². The van der Waals surface area contributed by atoms with E-state index in [0.717, 1.165) is 12.3 Å². The van der Waals surface area contributed by atoms with Gasteiger partial charge in [0.25, 0.3) is 0 Å². The van der Waals surface area contributed by atoms with Crippen molar-refractivity contribution in [2.45, 2.75) is 52.4 Å². The minimum absolute atomic E-state index is 0.676. The molecule has 2 radical (unpaired) electrons. The summed E-state index contributed by atoms with van der Waals surface area (Å²) in [5.41, 5.74) is 0. The molecule has 0 fully saturated rings. The predicted octanol–water partition coefficient (Wildman–Crippen LogP) is 4.27. The maximum atomic E-state index is 4.16. The summed E-state index contributed by atoms with van der Waals surface area (Å²) in [6, 6.07) is 0. The summed E-state index contributed by atoms with van der Waals surface area (Å²) in [5.74, 6) is 1.48. The van der Waals surface area contributed by atoms with Crippen molar-refractivity contribution in [2.24, 2.45) is 11.8 Å². The van der Waals surface area contributed by atoms with Gasteiger partial charge in [0.1, 0.15) is 0 Å². The molecule has 0 saturated heterocycles. The molecule has 72 valence electrons. The van der Waals surface area contributed by atoms with Gasteiger partial charge in [0.05, 0.1) is 0 Å². The monoisotopic (exact) mass is 168 g/mol. The first kappa shape index (κ1) is 12.0. The van der Waals surface area contributed by atoms with Crippen LogP contribution in [0.3, 0.4) is 0 Å². The van der Waals surface area contributed by atoms with E-state index in [1.807, 2.05) is 0 Å². The first-order chi connectivity index (χ1) is 5.66. The molecule has 0 bridgehead atoms. The lowest BCUT2D eigenvalue weighted by Crippen LogP contribution is -2.00. The molecule has 0 aromatic carbocycles. The highest BCUT2D eigenvalue weighted by molar-refractivity contribution is 4.63. The van der Waals surface area contributed by atoms with Gasteiger partial charge in [0.15, 0.2) is 0 Å². The summed E-state index contributed by atoms with van der Waals surface area (Å²) >= 11 is 0. The second kappa shape index (κ2) is 7.64. The Morgan fingerprint density at radius 2 is 1.75 bits per heavy atom. The molecule has 0 saturated carbocycles. The summed E-state index contributed by atoms with van der Waals surface area (Å²) in [6.07, 6.45) is 7.65. The van der Waals surface area contributed by atoms with E-state index in [0.29, 0.717) is 5.92 Å². The summed E-state index contributed by atoms with van der Waals surface area (Å²) in [5, 5.41) is 0. The van der Waals surface area contributed by atoms with Crippen LogP contribution >= 0.6 is 0 Å². The van der Waals surface area contributed by atoms with Crippen LogP contribution in [0.25, 0.3) is 0 Å². The topological polar surface area (TPSA) is 0 Å². The van der Waals surface area contributed by atoms with E-state index in [9.17, 15) is 0 Å². The van der Waals surface area contributed by atoms with Gasteiger partial charge in [-0.3, -0.25) is 0 Å². The minimum Gasteiger partial charge on any atom is -0.0628 e. The van der Waals surface area contributed by atoms with Crippen molar-refractivity contribution in [3.05, 3.63) is 13.8 Å². The fraction of sp³-hybridized carbons (Fsp3) is 0.833. The van der Waals surface area contributed by atoms with Crippen LogP contribution in [0.15, 0.2) is 0 Å².